The molecular weight excluding hydrogens is 214 g/mol. The van der Waals surface area contributed by atoms with Gasteiger partial charge in [-0.3, -0.25) is 9.79 Å². The Balaban J connectivity index is 2.45. The summed E-state index contributed by atoms with van der Waals surface area (Å²) >= 11 is 0. The fourth-order valence-electron chi connectivity index (χ4n) is 1.48. The van der Waals surface area contributed by atoms with Crippen LogP contribution in [0.25, 0.3) is 0 Å². The number of nitrogens with zero attached hydrogens (tertiary/aromatic N) is 1. The Bertz CT molecular complexity index is 278. The van der Waals surface area contributed by atoms with Gasteiger partial charge in [-0.15, -0.1) is 0 Å². The first-order chi connectivity index (χ1) is 7.60. The summed E-state index contributed by atoms with van der Waals surface area (Å²) in [5.74, 6) is -0.362. The lowest BCUT2D eigenvalue weighted by atomic mass is 10.1. The molecule has 6 nitrogen and oxygen atoms in total. The van der Waals surface area contributed by atoms with Crippen molar-refractivity contribution >= 4 is 11.7 Å². The van der Waals surface area contributed by atoms with Crippen molar-refractivity contribution in [3.63, 3.8) is 0 Å². The summed E-state index contributed by atoms with van der Waals surface area (Å²) in [6.45, 7) is 1.38. The van der Waals surface area contributed by atoms with Gasteiger partial charge in [-0.25, -0.2) is 0 Å². The van der Waals surface area contributed by atoms with Gasteiger partial charge in [-0.1, -0.05) is 6.92 Å². The van der Waals surface area contributed by atoms with Gasteiger partial charge in [-0.05, 0) is 6.42 Å². The van der Waals surface area contributed by atoms with E-state index in [0.29, 0.717) is 12.8 Å². The molecule has 0 amide bonds. The van der Waals surface area contributed by atoms with Crippen LogP contribution in [-0.4, -0.2) is 58.5 Å². The SMILES string of the molecule is CCCC(=O)OCC1=N[C@@H](CO)[C@@H](O)[C@@H]1O. The van der Waals surface area contributed by atoms with Crippen LogP contribution in [0.15, 0.2) is 4.99 Å². The number of carbonyl (C=O) groups excluding carboxylic acids is 1. The van der Waals surface area contributed by atoms with Gasteiger partial charge in [0.15, 0.2) is 0 Å². The first-order valence-corrected chi connectivity index (χ1v) is 5.29. The largest absolute Gasteiger partial charge is 0.459 e. The maximum atomic E-state index is 11.1. The third-order valence-corrected chi connectivity index (χ3v) is 2.41. The molecule has 0 aromatic heterocycles. The van der Waals surface area contributed by atoms with E-state index < -0.39 is 18.2 Å². The van der Waals surface area contributed by atoms with E-state index in [1.165, 1.54) is 0 Å². The Morgan fingerprint density at radius 1 is 1.50 bits per heavy atom. The molecule has 16 heavy (non-hydrogen) atoms. The van der Waals surface area contributed by atoms with E-state index in [0.717, 1.165) is 0 Å². The highest BCUT2D eigenvalue weighted by molar-refractivity contribution is 5.93. The molecule has 0 unspecified atom stereocenters. The maximum absolute atomic E-state index is 11.1. The molecule has 0 spiro atoms. The number of ether oxygens (including phenoxy) is 1. The number of aliphatic hydroxyl groups is 3. The zero-order valence-electron chi connectivity index (χ0n) is 9.17. The number of hydrogen-bond donors (Lipinski definition) is 3. The van der Waals surface area contributed by atoms with Gasteiger partial charge >= 0.3 is 5.97 Å². The number of rotatable bonds is 5. The molecule has 1 rings (SSSR count). The number of hydrogen-bond acceptors (Lipinski definition) is 6. The minimum Gasteiger partial charge on any atom is -0.459 e. The molecule has 1 heterocycles. The number of carbonyl (C=O) groups is 1. The molecule has 0 bridgehead atoms. The van der Waals surface area contributed by atoms with Crippen molar-refractivity contribution in [3.05, 3.63) is 0 Å². The second-order valence-electron chi connectivity index (χ2n) is 3.72. The van der Waals surface area contributed by atoms with Crippen molar-refractivity contribution < 1.29 is 24.9 Å². The predicted octanol–water partition coefficient (Wildman–Crippen LogP) is -1.13. The van der Waals surface area contributed by atoms with Gasteiger partial charge in [0.25, 0.3) is 0 Å². The molecule has 92 valence electrons. The second kappa shape index (κ2) is 5.93. The predicted molar refractivity (Wildman–Crippen MR) is 56.2 cm³/mol. The van der Waals surface area contributed by atoms with Crippen LogP contribution in [0.5, 0.6) is 0 Å². The molecule has 0 aliphatic carbocycles. The summed E-state index contributed by atoms with van der Waals surface area (Å²) in [5.41, 5.74) is 0.205. The van der Waals surface area contributed by atoms with Crippen molar-refractivity contribution in [1.29, 1.82) is 0 Å². The lowest BCUT2D eigenvalue weighted by Gasteiger charge is -2.13. The highest BCUT2D eigenvalue weighted by atomic mass is 16.5. The fraction of sp³-hybridized carbons (Fsp3) is 0.800. The van der Waals surface area contributed by atoms with Gasteiger partial charge in [0.2, 0.25) is 0 Å². The Kier molecular flexibility index (Phi) is 4.85. The molecule has 3 atom stereocenters. The Morgan fingerprint density at radius 3 is 2.69 bits per heavy atom. The van der Waals surface area contributed by atoms with Gasteiger partial charge in [0.1, 0.15) is 24.9 Å². The zero-order valence-corrected chi connectivity index (χ0v) is 9.17. The van der Waals surface area contributed by atoms with E-state index in [1.807, 2.05) is 6.92 Å². The third-order valence-electron chi connectivity index (χ3n) is 2.41. The summed E-state index contributed by atoms with van der Waals surface area (Å²) in [6, 6.07) is -0.727. The normalized spacial score (nSPS) is 29.0. The standard InChI is InChI=1S/C10H17NO5/c1-2-3-8(13)16-5-7-10(15)9(14)6(4-12)11-7/h6,9-10,12,14-15H,2-5H2,1H3/t6-,9+,10+/m0/s1. The van der Waals surface area contributed by atoms with Crippen LogP contribution in [0, 0.1) is 0 Å². The molecule has 3 N–H and O–H groups in total. The topological polar surface area (TPSA) is 99.4 Å². The van der Waals surface area contributed by atoms with Crippen LogP contribution in [0.3, 0.4) is 0 Å². The molecule has 0 aromatic carbocycles. The van der Waals surface area contributed by atoms with Crippen molar-refractivity contribution in [3.8, 4) is 0 Å². The molecule has 0 radical (unpaired) electrons. The lowest BCUT2D eigenvalue weighted by Crippen LogP contribution is -2.36. The van der Waals surface area contributed by atoms with E-state index >= 15 is 0 Å². The fourth-order valence-corrected chi connectivity index (χ4v) is 1.48. The van der Waals surface area contributed by atoms with Crippen LogP contribution in [0.4, 0.5) is 0 Å². The first kappa shape index (κ1) is 13.1. The first-order valence-electron chi connectivity index (χ1n) is 5.29. The maximum Gasteiger partial charge on any atom is 0.306 e. The van der Waals surface area contributed by atoms with Crippen LogP contribution >= 0.6 is 0 Å². The number of aliphatic hydroxyl groups excluding tert-OH is 3. The molecule has 0 saturated carbocycles. The summed E-state index contributed by atoms with van der Waals surface area (Å²) in [4.78, 5) is 15.0. The van der Waals surface area contributed by atoms with Crippen LogP contribution in [0.2, 0.25) is 0 Å². The molecule has 1 aliphatic heterocycles. The number of aliphatic imine (C=N–C) groups is 1. The molecule has 0 saturated heterocycles. The Hall–Kier alpha value is -0.980. The van der Waals surface area contributed by atoms with E-state index in [-0.39, 0.29) is 24.9 Å². The number of esters is 1. The van der Waals surface area contributed by atoms with Gasteiger partial charge < -0.3 is 20.1 Å². The van der Waals surface area contributed by atoms with Crippen LogP contribution < -0.4 is 0 Å². The smallest absolute Gasteiger partial charge is 0.306 e. The van der Waals surface area contributed by atoms with E-state index in [9.17, 15) is 15.0 Å². The molecular formula is C10H17NO5. The summed E-state index contributed by atoms with van der Waals surface area (Å²) in [6.07, 6.45) is -1.28. The molecule has 0 aromatic rings. The van der Waals surface area contributed by atoms with Crippen LogP contribution in [-0.2, 0) is 9.53 Å². The van der Waals surface area contributed by atoms with Crippen molar-refractivity contribution in [2.45, 2.75) is 38.0 Å². The third kappa shape index (κ3) is 3.01. The van der Waals surface area contributed by atoms with E-state index in [1.54, 1.807) is 0 Å². The monoisotopic (exact) mass is 231 g/mol. The minimum atomic E-state index is -1.16. The second-order valence-corrected chi connectivity index (χ2v) is 3.72. The summed E-state index contributed by atoms with van der Waals surface area (Å²) in [5, 5.41) is 27.8. The summed E-state index contributed by atoms with van der Waals surface area (Å²) in [7, 11) is 0. The molecule has 6 heteroatoms. The lowest BCUT2D eigenvalue weighted by molar-refractivity contribution is -0.142. The average molecular weight is 231 g/mol. The van der Waals surface area contributed by atoms with Gasteiger partial charge in [0.05, 0.1) is 12.3 Å². The zero-order chi connectivity index (χ0) is 12.1. The molecule has 0 fully saturated rings. The van der Waals surface area contributed by atoms with Gasteiger partial charge in [0, 0.05) is 6.42 Å². The highest BCUT2D eigenvalue weighted by Gasteiger charge is 2.36. The van der Waals surface area contributed by atoms with Gasteiger partial charge in [-0.2, -0.15) is 0 Å². The average Bonchev–Trinajstić information content (AvgIpc) is 2.54. The van der Waals surface area contributed by atoms with Crippen molar-refractivity contribution in [1.82, 2.24) is 0 Å². The Morgan fingerprint density at radius 2 is 2.19 bits per heavy atom. The van der Waals surface area contributed by atoms with Crippen molar-refractivity contribution in [2.24, 2.45) is 4.99 Å². The quantitative estimate of drug-likeness (QED) is 0.520. The van der Waals surface area contributed by atoms with E-state index in [4.69, 9.17) is 9.84 Å². The molecule has 1 aliphatic rings. The minimum absolute atomic E-state index is 0.131. The Labute approximate surface area is 93.6 Å². The van der Waals surface area contributed by atoms with E-state index in [2.05, 4.69) is 4.99 Å². The van der Waals surface area contributed by atoms with Crippen LogP contribution in [0.1, 0.15) is 19.8 Å². The summed E-state index contributed by atoms with van der Waals surface area (Å²) < 4.78 is 4.86. The van der Waals surface area contributed by atoms with Crippen molar-refractivity contribution in [2.75, 3.05) is 13.2 Å². The highest BCUT2D eigenvalue weighted by Crippen LogP contribution is 2.15.